The van der Waals surface area contributed by atoms with Crippen LogP contribution in [0.5, 0.6) is 5.75 Å². The molecule has 2 aromatic carbocycles. The SMILES string of the molecule is CCCC(NC(=O)C(C)NC(C)c1cccc(OCC)c1)c1ccccc1. The largest absolute Gasteiger partial charge is 0.494 e. The van der Waals surface area contributed by atoms with Crippen LogP contribution in [0.15, 0.2) is 54.6 Å². The molecule has 0 aliphatic rings. The minimum absolute atomic E-state index is 0.0186. The molecule has 4 heteroatoms. The third-order valence-electron chi connectivity index (χ3n) is 4.66. The second-order valence-corrected chi connectivity index (χ2v) is 6.88. The van der Waals surface area contributed by atoms with Gasteiger partial charge in [0.15, 0.2) is 0 Å². The van der Waals surface area contributed by atoms with Crippen LogP contribution in [0.2, 0.25) is 0 Å². The topological polar surface area (TPSA) is 50.4 Å². The molecule has 3 atom stereocenters. The highest BCUT2D eigenvalue weighted by atomic mass is 16.5. The molecule has 0 radical (unpaired) electrons. The standard InChI is InChI=1S/C23H32N2O2/c1-5-11-22(19-12-8-7-9-13-19)25-23(26)18(4)24-17(3)20-14-10-15-21(16-20)27-6-2/h7-10,12-18,22,24H,5-6,11H2,1-4H3,(H,25,26). The van der Waals surface area contributed by atoms with Crippen molar-refractivity contribution in [3.8, 4) is 5.75 Å². The molecule has 0 aliphatic heterocycles. The number of carbonyl (C=O) groups excluding carboxylic acids is 1. The van der Waals surface area contributed by atoms with Crippen LogP contribution in [-0.2, 0) is 4.79 Å². The molecule has 1 amide bonds. The third kappa shape index (κ3) is 6.40. The second-order valence-electron chi connectivity index (χ2n) is 6.88. The average molecular weight is 369 g/mol. The first-order valence-corrected chi connectivity index (χ1v) is 9.89. The van der Waals surface area contributed by atoms with E-state index in [0.29, 0.717) is 6.61 Å². The van der Waals surface area contributed by atoms with Gasteiger partial charge in [0.2, 0.25) is 5.91 Å². The molecule has 2 N–H and O–H groups in total. The predicted molar refractivity (Wildman–Crippen MR) is 111 cm³/mol. The van der Waals surface area contributed by atoms with Crippen LogP contribution in [0.1, 0.15) is 63.7 Å². The Balaban J connectivity index is 1.98. The van der Waals surface area contributed by atoms with Gasteiger partial charge >= 0.3 is 0 Å². The number of benzene rings is 2. The molecule has 0 heterocycles. The number of hydrogen-bond donors (Lipinski definition) is 2. The third-order valence-corrected chi connectivity index (χ3v) is 4.66. The lowest BCUT2D eigenvalue weighted by Crippen LogP contribution is -2.44. The van der Waals surface area contributed by atoms with Gasteiger partial charge in [0.1, 0.15) is 5.75 Å². The molecular formula is C23H32N2O2. The van der Waals surface area contributed by atoms with Crippen LogP contribution < -0.4 is 15.4 Å². The number of rotatable bonds is 10. The van der Waals surface area contributed by atoms with Gasteiger partial charge in [-0.05, 0) is 50.5 Å². The van der Waals surface area contributed by atoms with Crippen molar-refractivity contribution in [2.45, 2.75) is 58.7 Å². The number of amides is 1. The molecule has 0 aromatic heterocycles. The van der Waals surface area contributed by atoms with E-state index in [9.17, 15) is 4.79 Å². The Kier molecular flexibility index (Phi) is 8.34. The quantitative estimate of drug-likeness (QED) is 0.634. The summed E-state index contributed by atoms with van der Waals surface area (Å²) in [7, 11) is 0. The van der Waals surface area contributed by atoms with Crippen molar-refractivity contribution in [3.63, 3.8) is 0 Å². The maximum absolute atomic E-state index is 12.7. The molecule has 0 spiro atoms. The Bertz CT molecular complexity index is 703. The highest BCUT2D eigenvalue weighted by molar-refractivity contribution is 5.81. The average Bonchev–Trinajstić information content (AvgIpc) is 2.68. The van der Waals surface area contributed by atoms with Gasteiger partial charge in [0, 0.05) is 6.04 Å². The van der Waals surface area contributed by atoms with Gasteiger partial charge in [-0.1, -0.05) is 55.8 Å². The summed E-state index contributed by atoms with van der Waals surface area (Å²) in [6.07, 6.45) is 1.94. The summed E-state index contributed by atoms with van der Waals surface area (Å²) in [5.41, 5.74) is 2.26. The molecule has 2 aromatic rings. The lowest BCUT2D eigenvalue weighted by molar-refractivity contribution is -0.123. The monoisotopic (exact) mass is 368 g/mol. The van der Waals surface area contributed by atoms with Gasteiger partial charge in [-0.25, -0.2) is 0 Å². The Labute approximate surface area is 163 Å². The van der Waals surface area contributed by atoms with Crippen molar-refractivity contribution in [2.24, 2.45) is 0 Å². The fraction of sp³-hybridized carbons (Fsp3) is 0.435. The summed E-state index contributed by atoms with van der Waals surface area (Å²) in [6, 6.07) is 18.0. The zero-order chi connectivity index (χ0) is 19.6. The normalized spacial score (nSPS) is 14.2. The van der Waals surface area contributed by atoms with E-state index in [-0.39, 0.29) is 24.0 Å². The van der Waals surface area contributed by atoms with E-state index in [1.165, 1.54) is 0 Å². The van der Waals surface area contributed by atoms with Crippen molar-refractivity contribution in [1.82, 2.24) is 10.6 Å². The number of carbonyl (C=O) groups is 1. The molecule has 2 rings (SSSR count). The van der Waals surface area contributed by atoms with Crippen molar-refractivity contribution in [2.75, 3.05) is 6.61 Å². The number of hydrogen-bond acceptors (Lipinski definition) is 3. The highest BCUT2D eigenvalue weighted by Gasteiger charge is 2.20. The van der Waals surface area contributed by atoms with Gasteiger partial charge in [-0.15, -0.1) is 0 Å². The zero-order valence-corrected chi connectivity index (χ0v) is 16.9. The first-order chi connectivity index (χ1) is 13.0. The van der Waals surface area contributed by atoms with Crippen molar-refractivity contribution < 1.29 is 9.53 Å². The highest BCUT2D eigenvalue weighted by Crippen LogP contribution is 2.21. The van der Waals surface area contributed by atoms with E-state index in [1.807, 2.05) is 50.2 Å². The van der Waals surface area contributed by atoms with Crippen LogP contribution >= 0.6 is 0 Å². The molecule has 0 fully saturated rings. The predicted octanol–water partition coefficient (Wildman–Crippen LogP) is 4.78. The summed E-state index contributed by atoms with van der Waals surface area (Å²) >= 11 is 0. The molecule has 27 heavy (non-hydrogen) atoms. The van der Waals surface area contributed by atoms with Crippen molar-refractivity contribution >= 4 is 5.91 Å². The van der Waals surface area contributed by atoms with Crippen LogP contribution in [-0.4, -0.2) is 18.6 Å². The maximum atomic E-state index is 12.7. The lowest BCUT2D eigenvalue weighted by atomic mass is 10.0. The minimum Gasteiger partial charge on any atom is -0.494 e. The van der Waals surface area contributed by atoms with E-state index in [1.54, 1.807) is 0 Å². The Morgan fingerprint density at radius 3 is 2.37 bits per heavy atom. The van der Waals surface area contributed by atoms with E-state index in [2.05, 4.69) is 42.7 Å². The summed E-state index contributed by atoms with van der Waals surface area (Å²) in [5.74, 6) is 0.873. The maximum Gasteiger partial charge on any atom is 0.237 e. The van der Waals surface area contributed by atoms with Gasteiger partial charge in [0.25, 0.3) is 0 Å². The fourth-order valence-corrected chi connectivity index (χ4v) is 3.18. The van der Waals surface area contributed by atoms with E-state index in [0.717, 1.165) is 29.7 Å². The molecule has 0 saturated heterocycles. The zero-order valence-electron chi connectivity index (χ0n) is 16.9. The minimum atomic E-state index is -0.293. The first kappa shape index (κ1) is 21.0. The van der Waals surface area contributed by atoms with E-state index >= 15 is 0 Å². The van der Waals surface area contributed by atoms with Crippen LogP contribution in [0.4, 0.5) is 0 Å². The molecular weight excluding hydrogens is 336 g/mol. The second kappa shape index (κ2) is 10.7. The van der Waals surface area contributed by atoms with Gasteiger partial charge < -0.3 is 10.1 Å². The first-order valence-electron chi connectivity index (χ1n) is 9.89. The Morgan fingerprint density at radius 1 is 1.00 bits per heavy atom. The molecule has 0 saturated carbocycles. The summed E-state index contributed by atoms with van der Waals surface area (Å²) in [6.45, 7) is 8.72. The molecule has 4 nitrogen and oxygen atoms in total. The molecule has 0 bridgehead atoms. The van der Waals surface area contributed by atoms with E-state index < -0.39 is 0 Å². The summed E-state index contributed by atoms with van der Waals surface area (Å²) in [4.78, 5) is 12.7. The van der Waals surface area contributed by atoms with Crippen LogP contribution in [0.3, 0.4) is 0 Å². The molecule has 3 unspecified atom stereocenters. The van der Waals surface area contributed by atoms with Gasteiger partial charge in [0.05, 0.1) is 18.7 Å². The van der Waals surface area contributed by atoms with Crippen molar-refractivity contribution in [3.05, 3.63) is 65.7 Å². The molecule has 146 valence electrons. The van der Waals surface area contributed by atoms with Gasteiger partial charge in [-0.3, -0.25) is 10.1 Å². The van der Waals surface area contributed by atoms with Crippen LogP contribution in [0, 0.1) is 0 Å². The molecule has 0 aliphatic carbocycles. The fourth-order valence-electron chi connectivity index (χ4n) is 3.18. The summed E-state index contributed by atoms with van der Waals surface area (Å²) in [5, 5.41) is 6.59. The summed E-state index contributed by atoms with van der Waals surface area (Å²) < 4.78 is 5.57. The Hall–Kier alpha value is -2.33. The lowest BCUT2D eigenvalue weighted by Gasteiger charge is -2.24. The Morgan fingerprint density at radius 2 is 1.70 bits per heavy atom. The van der Waals surface area contributed by atoms with Gasteiger partial charge in [-0.2, -0.15) is 0 Å². The van der Waals surface area contributed by atoms with Crippen LogP contribution in [0.25, 0.3) is 0 Å². The van der Waals surface area contributed by atoms with Crippen molar-refractivity contribution in [1.29, 1.82) is 0 Å². The smallest absolute Gasteiger partial charge is 0.237 e. The number of ether oxygens (including phenoxy) is 1. The number of nitrogens with one attached hydrogen (secondary N) is 2. The van der Waals surface area contributed by atoms with E-state index in [4.69, 9.17) is 4.74 Å².